The maximum atomic E-state index is 12.8. The highest BCUT2D eigenvalue weighted by Gasteiger charge is 2.18. The molecule has 4 rings (SSSR count). The minimum absolute atomic E-state index is 0.264. The predicted octanol–water partition coefficient (Wildman–Crippen LogP) is 3.72. The van der Waals surface area contributed by atoms with Crippen LogP contribution in [-0.4, -0.2) is 35.5 Å². The number of rotatable bonds is 4. The first-order valence-electron chi connectivity index (χ1n) is 8.98. The average molecular weight is 385 g/mol. The van der Waals surface area contributed by atoms with E-state index in [-0.39, 0.29) is 5.91 Å². The number of ether oxygens (including phenoxy) is 1. The van der Waals surface area contributed by atoms with Gasteiger partial charge in [-0.15, -0.1) is 0 Å². The number of anilines is 1. The zero-order valence-corrected chi connectivity index (χ0v) is 15.8. The largest absolute Gasteiger partial charge is 0.497 e. The van der Waals surface area contributed by atoms with Crippen LogP contribution in [0.15, 0.2) is 42.7 Å². The molecule has 3 aromatic rings. The molecule has 27 heavy (non-hydrogen) atoms. The van der Waals surface area contributed by atoms with Gasteiger partial charge in [0.05, 0.1) is 24.0 Å². The van der Waals surface area contributed by atoms with Gasteiger partial charge in [-0.3, -0.25) is 9.20 Å². The summed E-state index contributed by atoms with van der Waals surface area (Å²) in [5.41, 5.74) is 2.95. The number of methoxy groups -OCH3 is 1. The Kier molecular flexibility index (Phi) is 5.01. The lowest BCUT2D eigenvalue weighted by molar-refractivity contribution is 0.102. The fraction of sp³-hybridized carbons (Fsp3) is 0.300. The topological polar surface area (TPSA) is 67.7 Å². The number of nitrogens with zero attached hydrogens (tertiary/aromatic N) is 2. The van der Waals surface area contributed by atoms with E-state index in [0.29, 0.717) is 28.1 Å². The monoisotopic (exact) mass is 384 g/mol. The molecule has 0 radical (unpaired) electrons. The third kappa shape index (κ3) is 3.63. The summed E-state index contributed by atoms with van der Waals surface area (Å²) in [6.45, 7) is 2.04. The average Bonchev–Trinajstić information content (AvgIpc) is 3.13. The Balaban J connectivity index is 1.63. The zero-order chi connectivity index (χ0) is 18.8. The van der Waals surface area contributed by atoms with Gasteiger partial charge in [-0.2, -0.15) is 0 Å². The molecule has 2 aromatic heterocycles. The summed E-state index contributed by atoms with van der Waals surface area (Å²) in [4.78, 5) is 17.2. The number of aromatic nitrogens is 2. The number of amides is 1. The second kappa shape index (κ2) is 7.58. The Bertz CT molecular complexity index is 979. The number of carbonyl (C=O) groups is 1. The minimum atomic E-state index is -0.264. The predicted molar refractivity (Wildman–Crippen MR) is 106 cm³/mol. The normalized spacial score (nSPS) is 15.0. The van der Waals surface area contributed by atoms with Crippen LogP contribution in [0.2, 0.25) is 5.02 Å². The van der Waals surface area contributed by atoms with Gasteiger partial charge in [0.15, 0.2) is 0 Å². The van der Waals surface area contributed by atoms with Gasteiger partial charge in [-0.05, 0) is 55.6 Å². The van der Waals surface area contributed by atoms with E-state index in [1.54, 1.807) is 31.5 Å². The van der Waals surface area contributed by atoms with E-state index in [9.17, 15) is 4.79 Å². The second-order valence-corrected chi connectivity index (χ2v) is 7.07. The molecule has 1 amide bonds. The van der Waals surface area contributed by atoms with Crippen LogP contribution < -0.4 is 15.4 Å². The van der Waals surface area contributed by atoms with Crippen molar-refractivity contribution in [2.45, 2.75) is 18.8 Å². The maximum Gasteiger partial charge on any atom is 0.274 e. The van der Waals surface area contributed by atoms with Crippen molar-refractivity contribution >= 4 is 28.8 Å². The molecule has 140 valence electrons. The van der Waals surface area contributed by atoms with Crippen molar-refractivity contribution in [3.05, 3.63) is 59.0 Å². The molecule has 6 nitrogen and oxygen atoms in total. The van der Waals surface area contributed by atoms with E-state index in [1.165, 1.54) is 5.56 Å². The lowest BCUT2D eigenvalue weighted by Crippen LogP contribution is -2.26. The van der Waals surface area contributed by atoms with Crippen molar-refractivity contribution in [2.75, 3.05) is 25.5 Å². The van der Waals surface area contributed by atoms with Crippen molar-refractivity contribution in [1.29, 1.82) is 0 Å². The van der Waals surface area contributed by atoms with E-state index in [0.717, 1.165) is 31.6 Å². The Hall–Kier alpha value is -2.57. The molecule has 2 N–H and O–H groups in total. The molecular formula is C20H21ClN4O2. The van der Waals surface area contributed by atoms with Crippen molar-refractivity contribution < 1.29 is 9.53 Å². The number of piperidine rings is 1. The van der Waals surface area contributed by atoms with Gasteiger partial charge in [0.1, 0.15) is 17.1 Å². The third-order valence-electron chi connectivity index (χ3n) is 4.99. The Morgan fingerprint density at radius 1 is 1.30 bits per heavy atom. The van der Waals surface area contributed by atoms with Crippen molar-refractivity contribution in [1.82, 2.24) is 14.7 Å². The van der Waals surface area contributed by atoms with Crippen LogP contribution >= 0.6 is 11.6 Å². The Morgan fingerprint density at radius 3 is 2.89 bits per heavy atom. The van der Waals surface area contributed by atoms with Crippen LogP contribution in [0.3, 0.4) is 0 Å². The fourth-order valence-electron chi connectivity index (χ4n) is 3.48. The smallest absolute Gasteiger partial charge is 0.274 e. The number of carbonyl (C=O) groups excluding carboxylic acids is 1. The second-order valence-electron chi connectivity index (χ2n) is 6.66. The van der Waals surface area contributed by atoms with Gasteiger partial charge < -0.3 is 15.4 Å². The quantitative estimate of drug-likeness (QED) is 0.719. The summed E-state index contributed by atoms with van der Waals surface area (Å²) in [5.74, 6) is 0.864. The molecule has 1 saturated heterocycles. The molecule has 0 saturated carbocycles. The molecule has 0 unspecified atom stereocenters. The van der Waals surface area contributed by atoms with Crippen molar-refractivity contribution in [3.8, 4) is 5.75 Å². The number of imidazole rings is 1. The van der Waals surface area contributed by atoms with E-state index in [2.05, 4.69) is 21.7 Å². The maximum absolute atomic E-state index is 12.8. The van der Waals surface area contributed by atoms with E-state index in [1.807, 2.05) is 16.7 Å². The Morgan fingerprint density at radius 2 is 2.11 bits per heavy atom. The number of hydrogen-bond donors (Lipinski definition) is 2. The number of halogens is 1. The van der Waals surface area contributed by atoms with Gasteiger partial charge in [-0.1, -0.05) is 17.7 Å². The first-order chi connectivity index (χ1) is 13.2. The highest BCUT2D eigenvalue weighted by atomic mass is 35.5. The first kappa shape index (κ1) is 17.8. The fourth-order valence-corrected chi connectivity index (χ4v) is 3.64. The number of pyridine rings is 1. The summed E-state index contributed by atoms with van der Waals surface area (Å²) in [6.07, 6.45) is 5.81. The highest BCUT2D eigenvalue weighted by Crippen LogP contribution is 2.28. The molecule has 0 atom stereocenters. The first-order valence-corrected chi connectivity index (χ1v) is 9.36. The van der Waals surface area contributed by atoms with Crippen LogP contribution in [0, 0.1) is 0 Å². The van der Waals surface area contributed by atoms with E-state index < -0.39 is 0 Å². The van der Waals surface area contributed by atoms with E-state index in [4.69, 9.17) is 16.3 Å². The lowest BCUT2D eigenvalue weighted by atomic mass is 9.91. The number of hydrogen-bond acceptors (Lipinski definition) is 4. The van der Waals surface area contributed by atoms with Gasteiger partial charge >= 0.3 is 0 Å². The van der Waals surface area contributed by atoms with Crippen LogP contribution in [0.1, 0.15) is 34.8 Å². The summed E-state index contributed by atoms with van der Waals surface area (Å²) in [7, 11) is 1.57. The molecule has 1 fully saturated rings. The van der Waals surface area contributed by atoms with Crippen molar-refractivity contribution in [3.63, 3.8) is 0 Å². The molecule has 0 aliphatic carbocycles. The number of nitrogens with one attached hydrogen (secondary N) is 2. The molecule has 0 spiro atoms. The van der Waals surface area contributed by atoms with E-state index >= 15 is 0 Å². The van der Waals surface area contributed by atoms with Crippen molar-refractivity contribution in [2.24, 2.45) is 0 Å². The lowest BCUT2D eigenvalue weighted by Gasteiger charge is -2.23. The van der Waals surface area contributed by atoms with Gasteiger partial charge in [0, 0.05) is 12.3 Å². The van der Waals surface area contributed by atoms with Gasteiger partial charge in [0.25, 0.3) is 5.91 Å². The molecule has 0 bridgehead atoms. The summed E-state index contributed by atoms with van der Waals surface area (Å²) < 4.78 is 7.05. The minimum Gasteiger partial charge on any atom is -0.497 e. The molecule has 1 aliphatic rings. The molecule has 1 aliphatic heterocycles. The van der Waals surface area contributed by atoms with Gasteiger partial charge in [-0.25, -0.2) is 4.98 Å². The van der Waals surface area contributed by atoms with Crippen LogP contribution in [-0.2, 0) is 0 Å². The summed E-state index contributed by atoms with van der Waals surface area (Å²) in [5, 5.41) is 6.69. The zero-order valence-electron chi connectivity index (χ0n) is 15.0. The molecule has 1 aromatic carbocycles. The van der Waals surface area contributed by atoms with Crippen LogP contribution in [0.5, 0.6) is 5.75 Å². The summed E-state index contributed by atoms with van der Waals surface area (Å²) >= 11 is 6.21. The standard InChI is InChI=1S/C20H21ClN4O2/c1-27-15-3-4-16(21)17(10-15)24-20(26)18-11-23-19-5-2-14(12-25(18)19)13-6-8-22-9-7-13/h2-5,10-13,22H,6-9H2,1H3,(H,24,26). The molecule has 7 heteroatoms. The Labute approximate surface area is 162 Å². The third-order valence-corrected chi connectivity index (χ3v) is 5.32. The van der Waals surface area contributed by atoms with Crippen LogP contribution in [0.4, 0.5) is 5.69 Å². The number of benzene rings is 1. The summed E-state index contributed by atoms with van der Waals surface area (Å²) in [6, 6.07) is 9.22. The molecule has 3 heterocycles. The molecular weight excluding hydrogens is 364 g/mol. The van der Waals surface area contributed by atoms with Crippen LogP contribution in [0.25, 0.3) is 5.65 Å². The SMILES string of the molecule is COc1ccc(Cl)c(NC(=O)c2cnc3ccc(C4CCNCC4)cn23)c1. The highest BCUT2D eigenvalue weighted by molar-refractivity contribution is 6.34. The van der Waals surface area contributed by atoms with Gasteiger partial charge in [0.2, 0.25) is 0 Å². The number of fused-ring (bicyclic) bond motifs is 1.